The summed E-state index contributed by atoms with van der Waals surface area (Å²) in [5, 5.41) is 0. The molecule has 0 aromatic rings. The first-order chi connectivity index (χ1) is 29.7. The maximum Gasteiger partial charge on any atom is 0.306 e. The van der Waals surface area contributed by atoms with E-state index in [4.69, 9.17) is 14.2 Å². The highest BCUT2D eigenvalue weighted by Gasteiger charge is 2.19. The van der Waals surface area contributed by atoms with Crippen molar-refractivity contribution in [1.82, 2.24) is 0 Å². The molecule has 0 spiro atoms. The highest BCUT2D eigenvalue weighted by atomic mass is 16.6. The number of hydrogen-bond donors (Lipinski definition) is 0. The van der Waals surface area contributed by atoms with Crippen molar-refractivity contribution in [3.8, 4) is 0 Å². The molecule has 0 aliphatic carbocycles. The van der Waals surface area contributed by atoms with Gasteiger partial charge in [0.05, 0.1) is 0 Å². The Hall–Kier alpha value is -1.59. The molecule has 0 heterocycles. The second-order valence-corrected chi connectivity index (χ2v) is 19.8. The molecule has 1 atom stereocenters. The fourth-order valence-corrected chi connectivity index (χ4v) is 8.34. The molecule has 0 saturated carbocycles. The van der Waals surface area contributed by atoms with Gasteiger partial charge in [-0.2, -0.15) is 0 Å². The lowest BCUT2D eigenvalue weighted by molar-refractivity contribution is -0.167. The molecule has 0 aromatic carbocycles. The van der Waals surface area contributed by atoms with Crippen LogP contribution in [0.15, 0.2) is 0 Å². The van der Waals surface area contributed by atoms with Crippen LogP contribution in [0, 0.1) is 11.8 Å². The molecule has 0 saturated heterocycles. The first kappa shape index (κ1) is 59.4. The Balaban J connectivity index is 4.24. The van der Waals surface area contributed by atoms with Gasteiger partial charge in [-0.15, -0.1) is 0 Å². The van der Waals surface area contributed by atoms with Crippen LogP contribution in [0.2, 0.25) is 0 Å². The van der Waals surface area contributed by atoms with Crippen molar-refractivity contribution in [2.45, 2.75) is 310 Å². The van der Waals surface area contributed by atoms with Crippen molar-refractivity contribution in [2.24, 2.45) is 11.8 Å². The third-order valence-electron chi connectivity index (χ3n) is 12.5. The molecule has 362 valence electrons. The van der Waals surface area contributed by atoms with E-state index in [1.165, 1.54) is 193 Å². The number of rotatable bonds is 49. The van der Waals surface area contributed by atoms with Crippen molar-refractivity contribution in [3.05, 3.63) is 0 Å². The first-order valence-electron chi connectivity index (χ1n) is 27.2. The Morgan fingerprint density at radius 1 is 0.311 bits per heavy atom. The molecular formula is C55H106O6. The van der Waals surface area contributed by atoms with Gasteiger partial charge in [0.15, 0.2) is 6.10 Å². The molecule has 0 unspecified atom stereocenters. The quantitative estimate of drug-likeness (QED) is 0.0344. The van der Waals surface area contributed by atoms with Gasteiger partial charge in [-0.3, -0.25) is 14.4 Å². The van der Waals surface area contributed by atoms with Gasteiger partial charge in [0, 0.05) is 19.3 Å². The molecule has 6 heteroatoms. The standard InChI is InChI=1S/C55H106O6/c1-6-7-8-9-10-11-12-13-14-15-16-17-18-19-20-24-30-35-40-45-53(56)59-48-52(61-55(58)47-42-37-32-27-26-29-34-39-44-51(4)5)49-60-54(57)46-41-36-31-25-22-21-23-28-33-38-43-50(2)3/h50-52H,6-49H2,1-5H3/t52-/m1/s1. The summed E-state index contributed by atoms with van der Waals surface area (Å²) < 4.78 is 16.8. The van der Waals surface area contributed by atoms with Gasteiger partial charge >= 0.3 is 17.9 Å². The Bertz CT molecular complexity index is 931. The van der Waals surface area contributed by atoms with E-state index in [1.807, 2.05) is 0 Å². The summed E-state index contributed by atoms with van der Waals surface area (Å²) in [7, 11) is 0. The number of carbonyl (C=O) groups is 3. The second-order valence-electron chi connectivity index (χ2n) is 19.8. The summed E-state index contributed by atoms with van der Waals surface area (Å²) in [5.74, 6) is 0.763. The molecule has 0 aromatic heterocycles. The van der Waals surface area contributed by atoms with Gasteiger partial charge in [0.1, 0.15) is 13.2 Å². The van der Waals surface area contributed by atoms with E-state index in [-0.39, 0.29) is 31.1 Å². The fourth-order valence-electron chi connectivity index (χ4n) is 8.34. The predicted octanol–water partition coefficient (Wildman–Crippen LogP) is 17.7. The predicted molar refractivity (Wildman–Crippen MR) is 261 cm³/mol. The normalized spacial score (nSPS) is 12.0. The minimum Gasteiger partial charge on any atom is -0.462 e. The molecule has 0 aliphatic heterocycles. The summed E-state index contributed by atoms with van der Waals surface area (Å²) in [6, 6.07) is 0. The molecular weight excluding hydrogens is 757 g/mol. The number of esters is 3. The average molecular weight is 863 g/mol. The SMILES string of the molecule is CCCCCCCCCCCCCCCCCCCCCC(=O)OC[C@H](COC(=O)CCCCCCCCCCCCC(C)C)OC(=O)CCCCCCCCCCC(C)C. The monoisotopic (exact) mass is 863 g/mol. The summed E-state index contributed by atoms with van der Waals surface area (Å²) in [6.07, 6.45) is 49.6. The van der Waals surface area contributed by atoms with Crippen LogP contribution in [-0.4, -0.2) is 37.2 Å². The third kappa shape index (κ3) is 49.3. The van der Waals surface area contributed by atoms with Crippen LogP contribution in [0.1, 0.15) is 304 Å². The minimum atomic E-state index is -0.762. The molecule has 0 N–H and O–H groups in total. The number of ether oxygens (including phenoxy) is 3. The Labute approximate surface area is 380 Å². The summed E-state index contributed by atoms with van der Waals surface area (Å²) in [4.78, 5) is 38.0. The van der Waals surface area contributed by atoms with Gasteiger partial charge in [-0.25, -0.2) is 0 Å². The lowest BCUT2D eigenvalue weighted by Gasteiger charge is -2.18. The Morgan fingerprint density at radius 2 is 0.541 bits per heavy atom. The van der Waals surface area contributed by atoms with Crippen LogP contribution < -0.4 is 0 Å². The largest absolute Gasteiger partial charge is 0.462 e. The highest BCUT2D eigenvalue weighted by molar-refractivity contribution is 5.71. The van der Waals surface area contributed by atoms with Crippen molar-refractivity contribution < 1.29 is 28.6 Å². The van der Waals surface area contributed by atoms with Crippen LogP contribution in [-0.2, 0) is 28.6 Å². The van der Waals surface area contributed by atoms with Gasteiger partial charge in [-0.05, 0) is 31.1 Å². The van der Waals surface area contributed by atoms with E-state index in [0.29, 0.717) is 19.3 Å². The zero-order chi connectivity index (χ0) is 44.7. The maximum absolute atomic E-state index is 12.8. The zero-order valence-corrected chi connectivity index (χ0v) is 41.8. The van der Waals surface area contributed by atoms with Crippen LogP contribution in [0.5, 0.6) is 0 Å². The second kappa shape index (κ2) is 47.9. The molecule has 0 aliphatic rings. The molecule has 0 rings (SSSR count). The topological polar surface area (TPSA) is 78.9 Å². The lowest BCUT2D eigenvalue weighted by atomic mass is 10.0. The summed E-state index contributed by atoms with van der Waals surface area (Å²) in [5.41, 5.74) is 0. The maximum atomic E-state index is 12.8. The fraction of sp³-hybridized carbons (Fsp3) is 0.945. The smallest absolute Gasteiger partial charge is 0.306 e. The molecule has 0 fully saturated rings. The lowest BCUT2D eigenvalue weighted by Crippen LogP contribution is -2.30. The third-order valence-corrected chi connectivity index (χ3v) is 12.5. The summed E-state index contributed by atoms with van der Waals surface area (Å²) in [6.45, 7) is 11.3. The molecule has 0 radical (unpaired) electrons. The minimum absolute atomic E-state index is 0.0640. The Kier molecular flexibility index (Phi) is 46.6. The number of carbonyl (C=O) groups excluding carboxylic acids is 3. The van der Waals surface area contributed by atoms with Crippen LogP contribution >= 0.6 is 0 Å². The molecule has 0 amide bonds. The number of hydrogen-bond acceptors (Lipinski definition) is 6. The Morgan fingerprint density at radius 3 is 0.803 bits per heavy atom. The van der Waals surface area contributed by atoms with Gasteiger partial charge < -0.3 is 14.2 Å². The van der Waals surface area contributed by atoms with E-state index < -0.39 is 6.10 Å². The molecule has 61 heavy (non-hydrogen) atoms. The molecule has 0 bridgehead atoms. The zero-order valence-electron chi connectivity index (χ0n) is 41.8. The van der Waals surface area contributed by atoms with E-state index >= 15 is 0 Å². The van der Waals surface area contributed by atoms with Gasteiger partial charge in [-0.1, -0.05) is 266 Å². The van der Waals surface area contributed by atoms with Crippen molar-refractivity contribution in [2.75, 3.05) is 13.2 Å². The van der Waals surface area contributed by atoms with E-state index in [9.17, 15) is 14.4 Å². The van der Waals surface area contributed by atoms with E-state index in [0.717, 1.165) is 69.6 Å². The average Bonchev–Trinajstić information content (AvgIpc) is 3.23. The van der Waals surface area contributed by atoms with Crippen molar-refractivity contribution >= 4 is 17.9 Å². The van der Waals surface area contributed by atoms with Crippen LogP contribution in [0.25, 0.3) is 0 Å². The highest BCUT2D eigenvalue weighted by Crippen LogP contribution is 2.18. The summed E-state index contributed by atoms with van der Waals surface area (Å²) >= 11 is 0. The van der Waals surface area contributed by atoms with E-state index in [2.05, 4.69) is 34.6 Å². The van der Waals surface area contributed by atoms with Crippen molar-refractivity contribution in [1.29, 1.82) is 0 Å². The van der Waals surface area contributed by atoms with Crippen molar-refractivity contribution in [3.63, 3.8) is 0 Å². The van der Waals surface area contributed by atoms with Crippen LogP contribution in [0.4, 0.5) is 0 Å². The first-order valence-corrected chi connectivity index (χ1v) is 27.2. The van der Waals surface area contributed by atoms with E-state index in [1.54, 1.807) is 0 Å². The van der Waals surface area contributed by atoms with Gasteiger partial charge in [0.2, 0.25) is 0 Å². The van der Waals surface area contributed by atoms with Crippen LogP contribution in [0.3, 0.4) is 0 Å². The number of unbranched alkanes of at least 4 members (excludes halogenated alkanes) is 34. The van der Waals surface area contributed by atoms with Gasteiger partial charge in [0.25, 0.3) is 0 Å². The molecule has 6 nitrogen and oxygen atoms in total.